The summed E-state index contributed by atoms with van der Waals surface area (Å²) in [6.07, 6.45) is 0.296. The summed E-state index contributed by atoms with van der Waals surface area (Å²) in [6.45, 7) is 14.3. The number of hydrogen-bond donors (Lipinski definition) is 1. The molecule has 1 N–H and O–H groups in total. The average molecular weight is 511 g/mol. The quantitative estimate of drug-likeness (QED) is 0.246. The van der Waals surface area contributed by atoms with E-state index in [9.17, 15) is 4.57 Å². The van der Waals surface area contributed by atoms with Gasteiger partial charge in [0.15, 0.2) is 0 Å². The predicted octanol–water partition coefficient (Wildman–Crippen LogP) is 4.58. The van der Waals surface area contributed by atoms with E-state index in [4.69, 9.17) is 33.7 Å². The van der Waals surface area contributed by atoms with Crippen molar-refractivity contribution in [3.05, 3.63) is 11.4 Å². The fourth-order valence-corrected chi connectivity index (χ4v) is 8.48. The standard InChI is InChI=1S/C22H41N3O6P2/c1-16(2)25(17(3)4)32(29-14-11-23-6)30-21-10-13-28-22(21)19-8-7-15-33(26,24-19)31-20-9-12-27-18(20)5/h16-22H,7-15H2,1-5H3,(H,24,26)/t18-,19-,20+,21+,22-,32?,33-/m1/s1/i5D,12T,13T/t12-,13-,18+,19+,20-,21-,22+,32?,33+/m0. The van der Waals surface area contributed by atoms with E-state index in [1.807, 2.05) is 0 Å². The van der Waals surface area contributed by atoms with Gasteiger partial charge in [-0.3, -0.25) is 4.57 Å². The first-order chi connectivity index (χ1) is 17.1. The van der Waals surface area contributed by atoms with Gasteiger partial charge in [0, 0.05) is 45.2 Å². The van der Waals surface area contributed by atoms with Crippen LogP contribution in [-0.4, -0.2) is 79.7 Å². The SMILES string of the molecule is [2H]C[C@H]1O[C@@H]([3H])C[C@@H]1O[P@]1(=O)CCC[C@H]([C@H]2O[C@@H]([3H])C[C@@H]2OP(OCC[N+]#[C-])N(C(C)C)C(C)C)N1. The van der Waals surface area contributed by atoms with Crippen LogP contribution in [0.5, 0.6) is 0 Å². The summed E-state index contributed by atoms with van der Waals surface area (Å²) in [4.78, 5) is 3.38. The van der Waals surface area contributed by atoms with Crippen LogP contribution in [0.1, 0.15) is 64.4 Å². The molecule has 3 fully saturated rings. The first kappa shape index (κ1) is 23.3. The fourth-order valence-electron chi connectivity index (χ4n) is 4.41. The Balaban J connectivity index is 1.72. The summed E-state index contributed by atoms with van der Waals surface area (Å²) in [6, 6.07) is -0.0322. The molecule has 0 aromatic rings. The Morgan fingerprint density at radius 1 is 1.27 bits per heavy atom. The minimum atomic E-state index is -3.26. The molecule has 9 nitrogen and oxygen atoms in total. The third-order valence-electron chi connectivity index (χ3n) is 5.87. The van der Waals surface area contributed by atoms with E-state index in [2.05, 4.69) is 42.3 Å². The molecule has 0 saturated carbocycles. The normalized spacial score (nSPS) is 41.8. The maximum absolute atomic E-state index is 13.7. The van der Waals surface area contributed by atoms with E-state index in [0.29, 0.717) is 25.4 Å². The Morgan fingerprint density at radius 3 is 2.70 bits per heavy atom. The van der Waals surface area contributed by atoms with Gasteiger partial charge in [0.25, 0.3) is 16.0 Å². The van der Waals surface area contributed by atoms with Crippen molar-refractivity contribution in [3.63, 3.8) is 0 Å². The van der Waals surface area contributed by atoms with Gasteiger partial charge in [-0.2, -0.15) is 0 Å². The third kappa shape index (κ3) is 7.43. The third-order valence-corrected chi connectivity index (χ3v) is 10.3. The Kier molecular flexibility index (Phi) is 8.97. The lowest BCUT2D eigenvalue weighted by atomic mass is 10.0. The lowest BCUT2D eigenvalue weighted by Gasteiger charge is -2.39. The van der Waals surface area contributed by atoms with Crippen LogP contribution in [-0.2, 0) is 27.6 Å². The predicted molar refractivity (Wildman–Crippen MR) is 129 cm³/mol. The molecule has 0 aromatic carbocycles. The van der Waals surface area contributed by atoms with E-state index in [1.165, 1.54) is 0 Å². The largest absolute Gasteiger partial charge is 0.376 e. The van der Waals surface area contributed by atoms with Crippen LogP contribution in [0.3, 0.4) is 0 Å². The van der Waals surface area contributed by atoms with E-state index in [0.717, 1.165) is 0 Å². The van der Waals surface area contributed by atoms with Crippen LogP contribution in [0.2, 0.25) is 0 Å². The van der Waals surface area contributed by atoms with E-state index < -0.39 is 53.6 Å². The molecular weight excluding hydrogens is 464 g/mol. The zero-order valence-corrected chi connectivity index (χ0v) is 21.9. The maximum Gasteiger partial charge on any atom is 0.270 e. The molecule has 0 aliphatic carbocycles. The van der Waals surface area contributed by atoms with E-state index in [-0.39, 0.29) is 44.6 Å². The molecule has 3 rings (SSSR count). The van der Waals surface area contributed by atoms with Crippen LogP contribution in [0.4, 0.5) is 0 Å². The molecule has 1 unspecified atom stereocenters. The molecule has 0 spiro atoms. The fraction of sp³-hybridized carbons (Fsp3) is 0.955. The van der Waals surface area contributed by atoms with Gasteiger partial charge in [-0.05, 0) is 53.9 Å². The van der Waals surface area contributed by atoms with Crippen molar-refractivity contribution >= 4 is 16.0 Å². The number of nitrogens with one attached hydrogen (secondary N) is 1. The molecule has 33 heavy (non-hydrogen) atoms. The number of rotatable bonds is 11. The van der Waals surface area contributed by atoms with Crippen molar-refractivity contribution in [2.45, 2.75) is 103 Å². The van der Waals surface area contributed by atoms with Gasteiger partial charge in [-0.25, -0.2) is 16.3 Å². The zero-order chi connectivity index (χ0) is 26.5. The average Bonchev–Trinajstić information content (AvgIpc) is 3.33. The minimum absolute atomic E-state index is 0.0507. The highest BCUT2D eigenvalue weighted by molar-refractivity contribution is 7.57. The first-order valence-electron chi connectivity index (χ1n) is 13.6. The van der Waals surface area contributed by atoms with Crippen molar-refractivity contribution in [3.8, 4) is 0 Å². The van der Waals surface area contributed by atoms with Gasteiger partial charge < -0.3 is 27.9 Å². The Labute approximate surface area is 204 Å². The molecule has 3 heterocycles. The van der Waals surface area contributed by atoms with E-state index >= 15 is 0 Å². The highest BCUT2D eigenvalue weighted by Crippen LogP contribution is 2.52. The Morgan fingerprint density at radius 2 is 2.00 bits per heavy atom. The van der Waals surface area contributed by atoms with E-state index in [1.54, 1.807) is 0 Å². The van der Waals surface area contributed by atoms with Crippen LogP contribution in [0, 0.1) is 6.57 Å². The summed E-state index contributed by atoms with van der Waals surface area (Å²) < 4.78 is 69.5. The van der Waals surface area contributed by atoms with Gasteiger partial charge >= 0.3 is 0 Å². The molecule has 0 bridgehead atoms. The molecule has 9 atom stereocenters. The van der Waals surface area contributed by atoms with Crippen molar-refractivity contribution < 1.29 is 31.7 Å². The van der Waals surface area contributed by atoms with Crippen molar-refractivity contribution in [1.29, 1.82) is 0 Å². The van der Waals surface area contributed by atoms with Gasteiger partial charge in [-0.15, -0.1) is 0 Å². The van der Waals surface area contributed by atoms with Gasteiger partial charge in [0.1, 0.15) is 6.61 Å². The number of nitrogens with zero attached hydrogens (tertiary/aromatic N) is 2. The van der Waals surface area contributed by atoms with Gasteiger partial charge in [-0.1, -0.05) is 0 Å². The topological polar surface area (TPSA) is 82.9 Å². The molecule has 0 radical (unpaired) electrons. The number of hydrogen-bond acceptors (Lipinski definition) is 7. The van der Waals surface area contributed by atoms with Crippen molar-refractivity contribution in [1.82, 2.24) is 9.76 Å². The highest BCUT2D eigenvalue weighted by Gasteiger charge is 2.45. The van der Waals surface area contributed by atoms with Gasteiger partial charge in [0.05, 0.1) is 27.2 Å². The summed E-state index contributed by atoms with van der Waals surface area (Å²) in [5.74, 6) is 0. The smallest absolute Gasteiger partial charge is 0.270 e. The molecule has 3 aliphatic heterocycles. The second kappa shape index (κ2) is 12.7. The van der Waals surface area contributed by atoms with Crippen LogP contribution in [0.25, 0.3) is 4.85 Å². The molecule has 0 amide bonds. The molecule has 190 valence electrons. The lowest BCUT2D eigenvalue weighted by Crippen LogP contribution is -2.47. The number of ether oxygens (including phenoxy) is 2. The summed E-state index contributed by atoms with van der Waals surface area (Å²) in [7, 11) is -4.76. The summed E-state index contributed by atoms with van der Waals surface area (Å²) >= 11 is 0. The highest BCUT2D eigenvalue weighted by atomic mass is 31.2. The summed E-state index contributed by atoms with van der Waals surface area (Å²) in [5.41, 5.74) is 0. The maximum atomic E-state index is 13.7. The summed E-state index contributed by atoms with van der Waals surface area (Å²) in [5, 5.41) is 3.19. The first-order valence-corrected chi connectivity index (χ1v) is 14.7. The van der Waals surface area contributed by atoms with Crippen molar-refractivity contribution in [2.24, 2.45) is 0 Å². The monoisotopic (exact) mass is 510 g/mol. The molecule has 3 aliphatic rings. The molecule has 3 saturated heterocycles. The molecule has 0 aromatic heterocycles. The Bertz CT molecular complexity index is 787. The minimum Gasteiger partial charge on any atom is -0.376 e. The van der Waals surface area contributed by atoms with Crippen molar-refractivity contribution in [2.75, 3.05) is 32.5 Å². The molecule has 11 heteroatoms. The van der Waals surface area contributed by atoms with Crippen LogP contribution < -0.4 is 5.09 Å². The van der Waals surface area contributed by atoms with Crippen LogP contribution >= 0.6 is 16.0 Å². The lowest BCUT2D eigenvalue weighted by molar-refractivity contribution is 0.0172. The molecular formula is C22H41N3O6P2. The second-order valence-electron chi connectivity index (χ2n) is 9.16. The second-order valence-corrected chi connectivity index (χ2v) is 12.8. The van der Waals surface area contributed by atoms with Gasteiger partial charge in [0.2, 0.25) is 6.54 Å². The Hall–Kier alpha value is -0.130. The zero-order valence-electron chi connectivity index (χ0n) is 23.1. The van der Waals surface area contributed by atoms with Crippen LogP contribution in [0.15, 0.2) is 0 Å².